The number of carboxylic acid groups (broad SMARTS) is 1. The smallest absolute Gasteiger partial charge is 0.382 e. The fraction of sp³-hybridized carbons (Fsp3) is 0. The van der Waals surface area contributed by atoms with Crippen LogP contribution in [0, 0.1) is 11.8 Å². The third kappa shape index (κ3) is 4.29. The Kier molecular flexibility index (Phi) is 2.85. The summed E-state index contributed by atoms with van der Waals surface area (Å²) in [7, 11) is 0. The molecule has 0 aromatic rings. The van der Waals surface area contributed by atoms with Gasteiger partial charge in [-0.25, -0.2) is 4.79 Å². The molecular formula is C6H4O3. The number of carbonyl (C=O) groups is 2. The van der Waals surface area contributed by atoms with Crippen LogP contribution in [0.5, 0.6) is 0 Å². The highest BCUT2D eigenvalue weighted by molar-refractivity contribution is 6.07. The van der Waals surface area contributed by atoms with Gasteiger partial charge in [0, 0.05) is 5.92 Å². The van der Waals surface area contributed by atoms with E-state index < -0.39 is 11.8 Å². The lowest BCUT2D eigenvalue weighted by molar-refractivity contribution is -0.130. The first kappa shape index (κ1) is 7.44. The van der Waals surface area contributed by atoms with Crippen molar-refractivity contribution in [1.29, 1.82) is 0 Å². The number of rotatable bonds is 1. The normalized spacial score (nSPS) is 6.67. The van der Waals surface area contributed by atoms with Gasteiger partial charge in [-0.3, -0.25) is 4.79 Å². The first-order chi connectivity index (χ1) is 4.16. The third-order valence-electron chi connectivity index (χ3n) is 0.478. The molecule has 0 fully saturated rings. The maximum atomic E-state index is 10.2. The molecule has 0 rings (SSSR count). The Morgan fingerprint density at radius 1 is 1.44 bits per heavy atom. The Bertz CT molecular complexity index is 204. The highest BCUT2D eigenvalue weighted by atomic mass is 16.4. The molecule has 1 N–H and O–H groups in total. The summed E-state index contributed by atoms with van der Waals surface area (Å²) >= 11 is 0. The van der Waals surface area contributed by atoms with Crippen molar-refractivity contribution in [3.63, 3.8) is 0 Å². The molecule has 0 saturated carbocycles. The fourth-order valence-corrected chi connectivity index (χ4v) is 0.166. The number of carbonyl (C=O) groups excluding carboxylic acids is 1. The first-order valence-corrected chi connectivity index (χ1v) is 2.08. The van der Waals surface area contributed by atoms with Crippen molar-refractivity contribution < 1.29 is 14.7 Å². The number of allylic oxidation sites excluding steroid dienone is 1. The summed E-state index contributed by atoms with van der Waals surface area (Å²) in [6, 6.07) is 0. The van der Waals surface area contributed by atoms with E-state index in [1.54, 1.807) is 5.92 Å². The minimum absolute atomic E-state index is 0.586. The van der Waals surface area contributed by atoms with E-state index >= 15 is 0 Å². The van der Waals surface area contributed by atoms with E-state index in [-0.39, 0.29) is 0 Å². The van der Waals surface area contributed by atoms with Crippen LogP contribution in [0.4, 0.5) is 0 Å². The van der Waals surface area contributed by atoms with E-state index in [0.717, 1.165) is 6.08 Å². The van der Waals surface area contributed by atoms with Gasteiger partial charge in [-0.15, -0.1) is 0 Å². The van der Waals surface area contributed by atoms with Crippen LogP contribution < -0.4 is 0 Å². The minimum atomic E-state index is -1.31. The van der Waals surface area contributed by atoms with Crippen molar-refractivity contribution in [2.24, 2.45) is 0 Å². The minimum Gasteiger partial charge on any atom is -0.472 e. The Morgan fingerprint density at radius 3 is 2.33 bits per heavy atom. The largest absolute Gasteiger partial charge is 0.472 e. The second-order valence-corrected chi connectivity index (χ2v) is 1.12. The summed E-state index contributed by atoms with van der Waals surface area (Å²) in [5.74, 6) is 1.57. The van der Waals surface area contributed by atoms with Crippen molar-refractivity contribution >= 4 is 11.8 Å². The average Bonchev–Trinajstić information content (AvgIpc) is 1.83. The average molecular weight is 124 g/mol. The van der Waals surface area contributed by atoms with Crippen molar-refractivity contribution in [1.82, 2.24) is 0 Å². The molecule has 0 aliphatic rings. The number of hydrogen-bond donors (Lipinski definition) is 1. The highest BCUT2D eigenvalue weighted by Crippen LogP contribution is 1.66. The van der Waals surface area contributed by atoms with Crippen LogP contribution >= 0.6 is 0 Å². The number of aliphatic carboxylic acids is 1. The van der Waals surface area contributed by atoms with Crippen LogP contribution in [0.25, 0.3) is 0 Å². The van der Waals surface area contributed by atoms with Gasteiger partial charge in [-0.05, 0) is 12.0 Å². The van der Waals surface area contributed by atoms with Crippen LogP contribution in [-0.4, -0.2) is 16.9 Å². The van der Waals surface area contributed by atoms with Crippen molar-refractivity contribution in [2.45, 2.75) is 0 Å². The van der Waals surface area contributed by atoms with Crippen LogP contribution in [0.2, 0.25) is 0 Å². The number of ketones is 1. The van der Waals surface area contributed by atoms with Gasteiger partial charge in [0.1, 0.15) is 0 Å². The number of carboxylic acids is 1. The summed E-state index contributed by atoms with van der Waals surface area (Å²) in [6.45, 7) is 3.09. The van der Waals surface area contributed by atoms with Crippen molar-refractivity contribution in [3.05, 3.63) is 12.7 Å². The van der Waals surface area contributed by atoms with Gasteiger partial charge in [-0.1, -0.05) is 6.58 Å². The second kappa shape index (κ2) is 3.44. The van der Waals surface area contributed by atoms with E-state index in [2.05, 4.69) is 6.58 Å². The Hall–Kier alpha value is -1.56. The van der Waals surface area contributed by atoms with Gasteiger partial charge in [-0.2, -0.15) is 0 Å². The van der Waals surface area contributed by atoms with Gasteiger partial charge in [0.25, 0.3) is 0 Å². The lowest BCUT2D eigenvalue weighted by Gasteiger charge is -1.70. The molecular weight excluding hydrogens is 120 g/mol. The summed E-state index contributed by atoms with van der Waals surface area (Å²) in [6.07, 6.45) is 0.954. The highest BCUT2D eigenvalue weighted by Gasteiger charge is 1.86. The fourth-order valence-electron chi connectivity index (χ4n) is 0.166. The zero-order valence-corrected chi connectivity index (χ0v) is 4.55. The lowest BCUT2D eigenvalue weighted by atomic mass is 10.4. The molecule has 0 aliphatic heterocycles. The molecule has 3 heteroatoms. The van der Waals surface area contributed by atoms with E-state index in [1.165, 1.54) is 0 Å². The third-order valence-corrected chi connectivity index (χ3v) is 0.478. The Labute approximate surface area is 52.0 Å². The maximum Gasteiger partial charge on any atom is 0.382 e. The molecule has 0 bridgehead atoms. The van der Waals surface area contributed by atoms with Gasteiger partial charge in [0.05, 0.1) is 0 Å². The summed E-state index contributed by atoms with van der Waals surface area (Å²) in [5, 5.41) is 7.90. The second-order valence-electron chi connectivity index (χ2n) is 1.12. The molecule has 0 amide bonds. The molecule has 0 atom stereocenters. The van der Waals surface area contributed by atoms with Crippen molar-refractivity contribution in [3.8, 4) is 11.8 Å². The Balaban J connectivity index is 4.03. The zero-order chi connectivity index (χ0) is 7.28. The Morgan fingerprint density at radius 2 is 2.00 bits per heavy atom. The van der Waals surface area contributed by atoms with Crippen LogP contribution in [-0.2, 0) is 9.59 Å². The standard InChI is InChI=1S/C6H4O3/c1-2-5(7)3-4-6(8)9/h2H,1H2,(H,8,9). The van der Waals surface area contributed by atoms with Gasteiger partial charge >= 0.3 is 5.97 Å². The quantitative estimate of drug-likeness (QED) is 0.300. The molecule has 0 saturated heterocycles. The molecule has 0 aliphatic carbocycles. The van der Waals surface area contributed by atoms with Crippen molar-refractivity contribution in [2.75, 3.05) is 0 Å². The summed E-state index contributed by atoms with van der Waals surface area (Å²) in [4.78, 5) is 19.8. The van der Waals surface area contributed by atoms with E-state index in [0.29, 0.717) is 0 Å². The SMILES string of the molecule is C=CC(=O)C#CC(=O)O. The van der Waals surface area contributed by atoms with Gasteiger partial charge in [0.2, 0.25) is 5.78 Å². The van der Waals surface area contributed by atoms with Crippen LogP contribution in [0.3, 0.4) is 0 Å². The maximum absolute atomic E-state index is 10.2. The molecule has 0 aromatic heterocycles. The molecule has 0 aromatic carbocycles. The number of hydrogen-bond acceptors (Lipinski definition) is 2. The van der Waals surface area contributed by atoms with Gasteiger partial charge in [0.15, 0.2) is 0 Å². The summed E-state index contributed by atoms with van der Waals surface area (Å²) < 4.78 is 0. The molecule has 3 nitrogen and oxygen atoms in total. The molecule has 0 spiro atoms. The summed E-state index contributed by atoms with van der Waals surface area (Å²) in [5.41, 5.74) is 0. The predicted octanol–water partition coefficient (Wildman–Crippen LogP) is -0.171. The van der Waals surface area contributed by atoms with Crippen LogP contribution in [0.1, 0.15) is 0 Å². The molecule has 9 heavy (non-hydrogen) atoms. The van der Waals surface area contributed by atoms with E-state index in [4.69, 9.17) is 5.11 Å². The predicted molar refractivity (Wildman–Crippen MR) is 30.6 cm³/mol. The molecule has 0 heterocycles. The molecule has 46 valence electrons. The molecule has 0 radical (unpaired) electrons. The lowest BCUT2D eigenvalue weighted by Crippen LogP contribution is -1.90. The topological polar surface area (TPSA) is 54.4 Å². The molecule has 0 unspecified atom stereocenters. The zero-order valence-electron chi connectivity index (χ0n) is 4.55. The van der Waals surface area contributed by atoms with E-state index in [9.17, 15) is 9.59 Å². The van der Waals surface area contributed by atoms with Crippen LogP contribution in [0.15, 0.2) is 12.7 Å². The van der Waals surface area contributed by atoms with Gasteiger partial charge < -0.3 is 5.11 Å². The van der Waals surface area contributed by atoms with E-state index in [1.807, 2.05) is 5.92 Å². The first-order valence-electron chi connectivity index (χ1n) is 2.08. The monoisotopic (exact) mass is 124 g/mol.